The van der Waals surface area contributed by atoms with Crippen LogP contribution in [0.4, 0.5) is 0 Å². The summed E-state index contributed by atoms with van der Waals surface area (Å²) in [5, 5.41) is 13.8. The fraction of sp³-hybridized carbons (Fsp3) is 0.750. The Morgan fingerprint density at radius 3 is 2.78 bits per heavy atom. The quantitative estimate of drug-likeness (QED) is 0.736. The highest BCUT2D eigenvalue weighted by molar-refractivity contribution is 7.99. The molecule has 1 N–H and O–H groups in total. The number of nitrogens with zero attached hydrogens (tertiary/aromatic N) is 3. The van der Waals surface area contributed by atoms with E-state index in [1.807, 2.05) is 7.05 Å². The number of carbonyl (C=O) groups is 1. The maximum atomic E-state index is 10.5. The van der Waals surface area contributed by atoms with Gasteiger partial charge in [0, 0.05) is 13.0 Å². The summed E-state index contributed by atoms with van der Waals surface area (Å²) >= 11 is 1.22. The number of aromatic nitrogens is 3. The van der Waals surface area contributed by atoms with Crippen molar-refractivity contribution in [1.82, 2.24) is 14.8 Å². The predicted octanol–water partition coefficient (Wildman–Crippen LogP) is 2.68. The minimum absolute atomic E-state index is 0.0255. The van der Waals surface area contributed by atoms with Gasteiger partial charge in [-0.2, -0.15) is 5.10 Å². The second-order valence-corrected chi connectivity index (χ2v) is 5.25. The number of aryl methyl sites for hydroxylation is 1. The fourth-order valence-electron chi connectivity index (χ4n) is 1.78. The van der Waals surface area contributed by atoms with E-state index in [4.69, 9.17) is 5.11 Å². The Morgan fingerprint density at radius 2 is 2.22 bits per heavy atom. The molecule has 1 heterocycles. The molecule has 6 heteroatoms. The molecule has 0 aliphatic carbocycles. The monoisotopic (exact) mass is 271 g/mol. The average Bonchev–Trinajstić information content (AvgIpc) is 2.69. The first-order chi connectivity index (χ1) is 8.58. The lowest BCUT2D eigenvalue weighted by Gasteiger charge is -2.09. The molecule has 1 atom stereocenters. The molecular formula is C12H21N3O2S. The molecule has 0 saturated heterocycles. The van der Waals surface area contributed by atoms with Crippen molar-refractivity contribution in [2.75, 3.05) is 5.75 Å². The van der Waals surface area contributed by atoms with E-state index in [9.17, 15) is 4.79 Å². The topological polar surface area (TPSA) is 68.0 Å². The van der Waals surface area contributed by atoms with Crippen molar-refractivity contribution in [3.05, 3.63) is 5.82 Å². The van der Waals surface area contributed by atoms with Crippen LogP contribution in [0.15, 0.2) is 5.16 Å². The van der Waals surface area contributed by atoms with Crippen molar-refractivity contribution in [1.29, 1.82) is 0 Å². The van der Waals surface area contributed by atoms with E-state index in [-0.39, 0.29) is 5.75 Å². The third-order valence-electron chi connectivity index (χ3n) is 2.83. The second kappa shape index (κ2) is 7.41. The Kier molecular flexibility index (Phi) is 6.18. The van der Waals surface area contributed by atoms with Gasteiger partial charge in [0.05, 0.1) is 5.75 Å². The molecule has 0 saturated carbocycles. The number of hydrogen-bond acceptors (Lipinski definition) is 4. The van der Waals surface area contributed by atoms with Crippen molar-refractivity contribution < 1.29 is 9.90 Å². The molecule has 1 unspecified atom stereocenters. The predicted molar refractivity (Wildman–Crippen MR) is 71.9 cm³/mol. The van der Waals surface area contributed by atoms with Gasteiger partial charge in [-0.15, -0.1) is 0 Å². The Labute approximate surface area is 112 Å². The number of rotatable bonds is 8. The Hall–Kier alpha value is -1.04. The number of carboxylic acids is 1. The summed E-state index contributed by atoms with van der Waals surface area (Å²) in [6.45, 7) is 4.31. The lowest BCUT2D eigenvalue weighted by atomic mass is 9.99. The summed E-state index contributed by atoms with van der Waals surface area (Å²) in [6.07, 6.45) is 4.46. The smallest absolute Gasteiger partial charge is 0.313 e. The first-order valence-corrected chi connectivity index (χ1v) is 7.32. The summed E-state index contributed by atoms with van der Waals surface area (Å²) in [7, 11) is 1.81. The molecule has 0 aliphatic heterocycles. The number of thioether (sulfide) groups is 1. The van der Waals surface area contributed by atoms with Crippen molar-refractivity contribution in [2.45, 2.75) is 50.6 Å². The first kappa shape index (κ1) is 15.0. The van der Waals surface area contributed by atoms with E-state index in [0.29, 0.717) is 11.1 Å². The third kappa shape index (κ3) is 4.33. The molecule has 1 aromatic heterocycles. The van der Waals surface area contributed by atoms with Crippen LogP contribution in [0.1, 0.15) is 51.3 Å². The van der Waals surface area contributed by atoms with Crippen LogP contribution in [-0.4, -0.2) is 31.6 Å². The van der Waals surface area contributed by atoms with Gasteiger partial charge in [0.1, 0.15) is 0 Å². The molecule has 18 heavy (non-hydrogen) atoms. The van der Waals surface area contributed by atoms with Gasteiger partial charge in [-0.1, -0.05) is 38.5 Å². The van der Waals surface area contributed by atoms with E-state index >= 15 is 0 Å². The maximum Gasteiger partial charge on any atom is 0.313 e. The molecular weight excluding hydrogens is 250 g/mol. The van der Waals surface area contributed by atoms with Gasteiger partial charge in [0.2, 0.25) is 0 Å². The molecule has 0 bridgehead atoms. The number of carboxylic acid groups (broad SMARTS) is 1. The van der Waals surface area contributed by atoms with Crippen LogP contribution in [0.3, 0.4) is 0 Å². The molecule has 0 fully saturated rings. The highest BCUT2D eigenvalue weighted by Crippen LogP contribution is 2.25. The SMILES string of the molecule is CCCCC(CC)c1nc(SCC(=O)O)n(C)n1. The minimum Gasteiger partial charge on any atom is -0.481 e. The zero-order valence-corrected chi connectivity index (χ0v) is 12.0. The van der Waals surface area contributed by atoms with Crippen LogP contribution in [0.5, 0.6) is 0 Å². The molecule has 0 amide bonds. The average molecular weight is 271 g/mol. The molecule has 1 rings (SSSR count). The summed E-state index contributed by atoms with van der Waals surface area (Å²) in [5.41, 5.74) is 0. The maximum absolute atomic E-state index is 10.5. The number of aliphatic carboxylic acids is 1. The standard InChI is InChI=1S/C12H21N3O2S/c1-4-6-7-9(5-2)11-13-12(15(3)14-11)18-8-10(16)17/h9H,4-8H2,1-3H3,(H,16,17). The fourth-order valence-corrected chi connectivity index (χ4v) is 2.42. The summed E-state index contributed by atoms with van der Waals surface area (Å²) in [5.74, 6) is 0.428. The van der Waals surface area contributed by atoms with Crippen LogP contribution in [0, 0.1) is 0 Å². The summed E-state index contributed by atoms with van der Waals surface area (Å²) in [4.78, 5) is 15.0. The molecule has 5 nitrogen and oxygen atoms in total. The van der Waals surface area contributed by atoms with E-state index < -0.39 is 5.97 Å². The van der Waals surface area contributed by atoms with E-state index in [2.05, 4.69) is 23.9 Å². The van der Waals surface area contributed by atoms with Crippen molar-refractivity contribution in [3.8, 4) is 0 Å². The zero-order chi connectivity index (χ0) is 13.5. The van der Waals surface area contributed by atoms with Crippen molar-refractivity contribution in [2.24, 2.45) is 7.05 Å². The minimum atomic E-state index is -0.831. The van der Waals surface area contributed by atoms with Crippen LogP contribution < -0.4 is 0 Å². The zero-order valence-electron chi connectivity index (χ0n) is 11.2. The van der Waals surface area contributed by atoms with Gasteiger partial charge in [-0.25, -0.2) is 9.67 Å². The Morgan fingerprint density at radius 1 is 1.50 bits per heavy atom. The second-order valence-electron chi connectivity index (χ2n) is 4.31. The van der Waals surface area contributed by atoms with Crippen LogP contribution in [0.2, 0.25) is 0 Å². The van der Waals surface area contributed by atoms with Gasteiger partial charge in [-0.05, 0) is 12.8 Å². The summed E-state index contributed by atoms with van der Waals surface area (Å²) < 4.78 is 1.68. The molecule has 0 spiro atoms. The van der Waals surface area contributed by atoms with Crippen LogP contribution in [0.25, 0.3) is 0 Å². The van der Waals surface area contributed by atoms with E-state index in [1.165, 1.54) is 24.6 Å². The molecule has 102 valence electrons. The van der Waals surface area contributed by atoms with E-state index in [1.54, 1.807) is 4.68 Å². The van der Waals surface area contributed by atoms with Gasteiger partial charge < -0.3 is 5.11 Å². The lowest BCUT2D eigenvalue weighted by molar-refractivity contribution is -0.133. The first-order valence-electron chi connectivity index (χ1n) is 6.34. The highest BCUT2D eigenvalue weighted by atomic mass is 32.2. The molecule has 0 aliphatic rings. The normalized spacial score (nSPS) is 12.6. The highest BCUT2D eigenvalue weighted by Gasteiger charge is 2.17. The van der Waals surface area contributed by atoms with E-state index in [0.717, 1.165) is 18.7 Å². The third-order valence-corrected chi connectivity index (χ3v) is 3.83. The molecule has 0 radical (unpaired) electrons. The van der Waals surface area contributed by atoms with Gasteiger partial charge in [0.25, 0.3) is 0 Å². The molecule has 1 aromatic rings. The Bertz CT molecular complexity index is 393. The van der Waals surface area contributed by atoms with Crippen LogP contribution in [-0.2, 0) is 11.8 Å². The number of hydrogen-bond donors (Lipinski definition) is 1. The largest absolute Gasteiger partial charge is 0.481 e. The lowest BCUT2D eigenvalue weighted by Crippen LogP contribution is -2.01. The number of unbranched alkanes of at least 4 members (excludes halogenated alkanes) is 1. The van der Waals surface area contributed by atoms with Gasteiger partial charge >= 0.3 is 5.97 Å². The van der Waals surface area contributed by atoms with Gasteiger partial charge in [-0.3, -0.25) is 4.79 Å². The molecule has 0 aromatic carbocycles. The Balaban J connectivity index is 2.71. The van der Waals surface area contributed by atoms with Crippen LogP contribution >= 0.6 is 11.8 Å². The van der Waals surface area contributed by atoms with Gasteiger partial charge in [0.15, 0.2) is 11.0 Å². The van der Waals surface area contributed by atoms with Crippen molar-refractivity contribution >= 4 is 17.7 Å². The summed E-state index contributed by atoms with van der Waals surface area (Å²) in [6, 6.07) is 0. The van der Waals surface area contributed by atoms with Crippen molar-refractivity contribution in [3.63, 3.8) is 0 Å².